The van der Waals surface area contributed by atoms with Crippen molar-refractivity contribution in [1.82, 2.24) is 10.6 Å². The Morgan fingerprint density at radius 2 is 1.74 bits per heavy atom. The van der Waals surface area contributed by atoms with Crippen LogP contribution in [-0.2, 0) is 11.3 Å². The molecule has 2 aromatic carbocycles. The van der Waals surface area contributed by atoms with Gasteiger partial charge < -0.3 is 20.1 Å². The average molecular weight is 483 g/mol. The van der Waals surface area contributed by atoms with Gasteiger partial charge in [0, 0.05) is 33.4 Å². The largest absolute Gasteiger partial charge is 0.457 e. The Hall–Kier alpha value is -1.80. The van der Waals surface area contributed by atoms with E-state index in [1.54, 1.807) is 7.05 Å². The van der Waals surface area contributed by atoms with Gasteiger partial charge in [-0.25, -0.2) is 0 Å². The first-order valence-corrected chi connectivity index (χ1v) is 9.16. The number of benzene rings is 2. The lowest BCUT2D eigenvalue weighted by atomic mass is 10.2. The Morgan fingerprint density at radius 1 is 0.963 bits per heavy atom. The van der Waals surface area contributed by atoms with E-state index in [0.29, 0.717) is 6.54 Å². The second-order valence-corrected chi connectivity index (χ2v) is 5.82. The zero-order valence-electron chi connectivity index (χ0n) is 16.1. The standard InChI is InChI=1S/C21H29N3O2.HI/c1-3-25-15-8-7-14-23-21(22-2)24-17-18-10-9-13-20(16-18)26-19-11-5-4-6-12-19;/h4-6,9-13,16H,3,7-8,14-15,17H2,1-2H3,(H2,22,23,24);1H. The van der Waals surface area contributed by atoms with Crippen LogP contribution in [0.5, 0.6) is 11.5 Å². The molecule has 2 rings (SSSR count). The third-order valence-corrected chi connectivity index (χ3v) is 3.77. The van der Waals surface area contributed by atoms with Crippen molar-refractivity contribution < 1.29 is 9.47 Å². The highest BCUT2D eigenvalue weighted by molar-refractivity contribution is 14.0. The summed E-state index contributed by atoms with van der Waals surface area (Å²) in [4.78, 5) is 4.26. The van der Waals surface area contributed by atoms with Crippen molar-refractivity contribution in [1.29, 1.82) is 0 Å². The maximum Gasteiger partial charge on any atom is 0.191 e. The van der Waals surface area contributed by atoms with Crippen LogP contribution in [0.3, 0.4) is 0 Å². The summed E-state index contributed by atoms with van der Waals surface area (Å²) < 4.78 is 11.2. The summed E-state index contributed by atoms with van der Waals surface area (Å²) in [6, 6.07) is 17.9. The van der Waals surface area contributed by atoms with Crippen LogP contribution in [0.1, 0.15) is 25.3 Å². The Morgan fingerprint density at radius 3 is 2.48 bits per heavy atom. The minimum Gasteiger partial charge on any atom is -0.457 e. The number of guanidine groups is 1. The molecule has 2 aromatic rings. The fourth-order valence-corrected chi connectivity index (χ4v) is 2.43. The fourth-order valence-electron chi connectivity index (χ4n) is 2.43. The van der Waals surface area contributed by atoms with E-state index in [1.807, 2.05) is 55.5 Å². The number of rotatable bonds is 10. The molecule has 0 saturated heterocycles. The molecule has 6 heteroatoms. The zero-order chi connectivity index (χ0) is 18.5. The number of aliphatic imine (C=N–C) groups is 1. The van der Waals surface area contributed by atoms with Gasteiger partial charge in [0.15, 0.2) is 5.96 Å². The second-order valence-electron chi connectivity index (χ2n) is 5.82. The summed E-state index contributed by atoms with van der Waals surface area (Å²) in [6.45, 7) is 5.18. The average Bonchev–Trinajstić information content (AvgIpc) is 2.68. The molecule has 0 radical (unpaired) electrons. The summed E-state index contributed by atoms with van der Waals surface area (Å²) in [5.74, 6) is 2.47. The molecule has 0 aromatic heterocycles. The lowest BCUT2D eigenvalue weighted by molar-refractivity contribution is 0.143. The van der Waals surface area contributed by atoms with Crippen molar-refractivity contribution in [2.24, 2.45) is 4.99 Å². The van der Waals surface area contributed by atoms with Gasteiger partial charge >= 0.3 is 0 Å². The van der Waals surface area contributed by atoms with Crippen LogP contribution in [0.15, 0.2) is 59.6 Å². The summed E-state index contributed by atoms with van der Waals surface area (Å²) in [5, 5.41) is 6.65. The van der Waals surface area contributed by atoms with Crippen molar-refractivity contribution >= 4 is 29.9 Å². The summed E-state index contributed by atoms with van der Waals surface area (Å²) in [7, 11) is 1.78. The molecule has 0 aliphatic carbocycles. The molecule has 5 nitrogen and oxygen atoms in total. The van der Waals surface area contributed by atoms with E-state index in [2.05, 4.69) is 21.7 Å². The van der Waals surface area contributed by atoms with Gasteiger partial charge in [-0.2, -0.15) is 0 Å². The van der Waals surface area contributed by atoms with E-state index in [4.69, 9.17) is 9.47 Å². The number of nitrogens with one attached hydrogen (secondary N) is 2. The molecular formula is C21H30IN3O2. The van der Waals surface area contributed by atoms with Crippen LogP contribution in [0.25, 0.3) is 0 Å². The van der Waals surface area contributed by atoms with E-state index in [-0.39, 0.29) is 24.0 Å². The molecule has 148 valence electrons. The molecule has 0 heterocycles. The molecule has 0 amide bonds. The highest BCUT2D eigenvalue weighted by atomic mass is 127. The number of hydrogen-bond acceptors (Lipinski definition) is 3. The van der Waals surface area contributed by atoms with E-state index < -0.39 is 0 Å². The fraction of sp³-hybridized carbons (Fsp3) is 0.381. The molecule has 0 atom stereocenters. The van der Waals surface area contributed by atoms with Crippen LogP contribution in [0, 0.1) is 0 Å². The van der Waals surface area contributed by atoms with Crippen LogP contribution in [0.4, 0.5) is 0 Å². The van der Waals surface area contributed by atoms with Crippen molar-refractivity contribution in [2.45, 2.75) is 26.3 Å². The predicted octanol–water partition coefficient (Wildman–Crippen LogP) is 4.58. The van der Waals surface area contributed by atoms with Gasteiger partial charge in [0.25, 0.3) is 0 Å². The van der Waals surface area contributed by atoms with E-state index in [0.717, 1.165) is 55.6 Å². The molecular weight excluding hydrogens is 453 g/mol. The monoisotopic (exact) mass is 483 g/mol. The number of nitrogens with zero attached hydrogens (tertiary/aromatic N) is 1. The smallest absolute Gasteiger partial charge is 0.191 e. The van der Waals surface area contributed by atoms with Gasteiger partial charge in [-0.3, -0.25) is 4.99 Å². The number of halogens is 1. The lowest BCUT2D eigenvalue weighted by Gasteiger charge is -2.13. The zero-order valence-corrected chi connectivity index (χ0v) is 18.4. The first-order valence-electron chi connectivity index (χ1n) is 9.16. The van der Waals surface area contributed by atoms with Crippen molar-refractivity contribution in [2.75, 3.05) is 26.8 Å². The maximum atomic E-state index is 5.88. The van der Waals surface area contributed by atoms with Gasteiger partial charge in [0.2, 0.25) is 0 Å². The SMILES string of the molecule is CCOCCCCNC(=NC)NCc1cccc(Oc2ccccc2)c1.I. The van der Waals surface area contributed by atoms with Crippen LogP contribution >= 0.6 is 24.0 Å². The topological polar surface area (TPSA) is 54.9 Å². The lowest BCUT2D eigenvalue weighted by Crippen LogP contribution is -2.37. The molecule has 0 unspecified atom stereocenters. The summed E-state index contributed by atoms with van der Waals surface area (Å²) in [5.41, 5.74) is 1.14. The van der Waals surface area contributed by atoms with Crippen LogP contribution in [-0.4, -0.2) is 32.8 Å². The number of para-hydroxylation sites is 1. The third-order valence-electron chi connectivity index (χ3n) is 3.77. The minimum absolute atomic E-state index is 0. The number of unbranched alkanes of at least 4 members (excludes halogenated alkanes) is 1. The molecule has 0 aliphatic rings. The maximum absolute atomic E-state index is 5.88. The molecule has 0 saturated carbocycles. The number of ether oxygens (including phenoxy) is 2. The quantitative estimate of drug-likeness (QED) is 0.225. The van der Waals surface area contributed by atoms with Crippen molar-refractivity contribution in [3.8, 4) is 11.5 Å². The van der Waals surface area contributed by atoms with E-state index in [1.165, 1.54) is 0 Å². The first kappa shape index (κ1) is 23.2. The summed E-state index contributed by atoms with van der Waals surface area (Å²) >= 11 is 0. The number of hydrogen-bond donors (Lipinski definition) is 2. The van der Waals surface area contributed by atoms with E-state index in [9.17, 15) is 0 Å². The normalized spacial score (nSPS) is 10.8. The van der Waals surface area contributed by atoms with E-state index >= 15 is 0 Å². The van der Waals surface area contributed by atoms with Gasteiger partial charge in [0.05, 0.1) is 0 Å². The highest BCUT2D eigenvalue weighted by Crippen LogP contribution is 2.21. The summed E-state index contributed by atoms with van der Waals surface area (Å²) in [6.07, 6.45) is 2.11. The Kier molecular flexibility index (Phi) is 12.3. The highest BCUT2D eigenvalue weighted by Gasteiger charge is 2.01. The van der Waals surface area contributed by atoms with Crippen molar-refractivity contribution in [3.63, 3.8) is 0 Å². The molecule has 0 fully saturated rings. The first-order chi connectivity index (χ1) is 12.8. The Labute approximate surface area is 179 Å². The minimum atomic E-state index is 0. The predicted molar refractivity (Wildman–Crippen MR) is 122 cm³/mol. The molecule has 0 aliphatic heterocycles. The van der Waals surface area contributed by atoms with Gasteiger partial charge in [-0.15, -0.1) is 24.0 Å². The molecule has 2 N–H and O–H groups in total. The molecule has 27 heavy (non-hydrogen) atoms. The van der Waals surface area contributed by atoms with Gasteiger partial charge in [-0.1, -0.05) is 30.3 Å². The molecule has 0 bridgehead atoms. The van der Waals surface area contributed by atoms with Gasteiger partial charge in [0.1, 0.15) is 11.5 Å². The Balaban J connectivity index is 0.00000364. The van der Waals surface area contributed by atoms with Crippen LogP contribution < -0.4 is 15.4 Å². The molecule has 0 spiro atoms. The van der Waals surface area contributed by atoms with Gasteiger partial charge in [-0.05, 0) is 49.6 Å². The Bertz CT molecular complexity index is 665. The second kappa shape index (κ2) is 14.3. The van der Waals surface area contributed by atoms with Crippen LogP contribution in [0.2, 0.25) is 0 Å². The third kappa shape index (κ3) is 9.63. The van der Waals surface area contributed by atoms with Crippen molar-refractivity contribution in [3.05, 3.63) is 60.2 Å².